The molecule has 0 aromatic carbocycles. The monoisotopic (exact) mass is 251 g/mol. The molecule has 5 nitrogen and oxygen atoms in total. The average Bonchev–Trinajstić information content (AvgIpc) is 2.31. The van der Waals surface area contributed by atoms with Gasteiger partial charge in [0.15, 0.2) is 0 Å². The summed E-state index contributed by atoms with van der Waals surface area (Å²) in [4.78, 5) is 11.0. The van der Waals surface area contributed by atoms with Gasteiger partial charge in [0.1, 0.15) is 5.82 Å². The molecule has 0 fully saturated rings. The Bertz CT molecular complexity index is 351. The Balaban J connectivity index is 2.46. The smallest absolute Gasteiger partial charge is 0.224 e. The number of anilines is 2. The number of rotatable bonds is 8. The first-order valence-electron chi connectivity index (χ1n) is 6.60. The van der Waals surface area contributed by atoms with Gasteiger partial charge in [0.05, 0.1) is 0 Å². The maximum absolute atomic E-state index is 4.44. The molecule has 1 rings (SSSR count). The molecule has 0 amide bonds. The standard InChI is InChI=1S/C13H25N5/c1-5-7-14-12-10-11(2)16-13(17-12)15-8-6-9-18(3)4/h10H,5-9H2,1-4H3,(H2,14,15,16,17). The molecule has 0 saturated heterocycles. The first-order valence-corrected chi connectivity index (χ1v) is 6.60. The van der Waals surface area contributed by atoms with E-state index in [0.717, 1.165) is 44.0 Å². The molecule has 0 aliphatic rings. The lowest BCUT2D eigenvalue weighted by molar-refractivity contribution is 0.405. The quantitative estimate of drug-likeness (QED) is 0.692. The van der Waals surface area contributed by atoms with Crippen molar-refractivity contribution in [2.75, 3.05) is 44.4 Å². The van der Waals surface area contributed by atoms with Gasteiger partial charge in [-0.15, -0.1) is 0 Å². The lowest BCUT2D eigenvalue weighted by Crippen LogP contribution is -2.17. The van der Waals surface area contributed by atoms with Gasteiger partial charge in [0, 0.05) is 24.8 Å². The van der Waals surface area contributed by atoms with Gasteiger partial charge in [0.25, 0.3) is 0 Å². The van der Waals surface area contributed by atoms with Crippen molar-refractivity contribution in [3.05, 3.63) is 11.8 Å². The predicted octanol–water partition coefficient (Wildman–Crippen LogP) is 1.97. The Labute approximate surface area is 110 Å². The molecule has 0 radical (unpaired) electrons. The molecule has 2 N–H and O–H groups in total. The maximum Gasteiger partial charge on any atom is 0.224 e. The van der Waals surface area contributed by atoms with Gasteiger partial charge in [-0.1, -0.05) is 6.92 Å². The van der Waals surface area contributed by atoms with Crippen LogP contribution in [0.25, 0.3) is 0 Å². The summed E-state index contributed by atoms with van der Waals surface area (Å²) in [6.45, 7) is 7.04. The van der Waals surface area contributed by atoms with E-state index in [1.165, 1.54) is 0 Å². The Morgan fingerprint density at radius 3 is 2.61 bits per heavy atom. The third-order valence-electron chi connectivity index (χ3n) is 2.48. The summed E-state index contributed by atoms with van der Waals surface area (Å²) in [6.07, 6.45) is 2.18. The second-order valence-corrected chi connectivity index (χ2v) is 4.73. The lowest BCUT2D eigenvalue weighted by atomic mass is 10.4. The van der Waals surface area contributed by atoms with E-state index < -0.39 is 0 Å². The van der Waals surface area contributed by atoms with Crippen molar-refractivity contribution in [3.63, 3.8) is 0 Å². The van der Waals surface area contributed by atoms with E-state index in [4.69, 9.17) is 0 Å². The molecule has 102 valence electrons. The van der Waals surface area contributed by atoms with Crippen molar-refractivity contribution >= 4 is 11.8 Å². The van der Waals surface area contributed by atoms with Crippen molar-refractivity contribution in [2.45, 2.75) is 26.7 Å². The van der Waals surface area contributed by atoms with Crippen LogP contribution in [0.4, 0.5) is 11.8 Å². The Morgan fingerprint density at radius 2 is 1.94 bits per heavy atom. The van der Waals surface area contributed by atoms with E-state index in [2.05, 4.69) is 46.5 Å². The van der Waals surface area contributed by atoms with Gasteiger partial charge in [-0.05, 0) is 40.4 Å². The van der Waals surface area contributed by atoms with E-state index >= 15 is 0 Å². The van der Waals surface area contributed by atoms with Crippen LogP contribution in [0.2, 0.25) is 0 Å². The van der Waals surface area contributed by atoms with Crippen LogP contribution in [0, 0.1) is 6.92 Å². The summed E-state index contributed by atoms with van der Waals surface area (Å²) < 4.78 is 0. The fraction of sp³-hybridized carbons (Fsp3) is 0.692. The molecule has 0 unspecified atom stereocenters. The van der Waals surface area contributed by atoms with Crippen molar-refractivity contribution in [1.29, 1.82) is 0 Å². The summed E-state index contributed by atoms with van der Waals surface area (Å²) in [5.41, 5.74) is 0.985. The minimum Gasteiger partial charge on any atom is -0.370 e. The van der Waals surface area contributed by atoms with Gasteiger partial charge < -0.3 is 15.5 Å². The van der Waals surface area contributed by atoms with Crippen molar-refractivity contribution < 1.29 is 0 Å². The highest BCUT2D eigenvalue weighted by Crippen LogP contribution is 2.09. The van der Waals surface area contributed by atoms with Gasteiger partial charge >= 0.3 is 0 Å². The molecule has 0 aliphatic carbocycles. The van der Waals surface area contributed by atoms with Gasteiger partial charge in [-0.2, -0.15) is 4.98 Å². The third-order valence-corrected chi connectivity index (χ3v) is 2.48. The van der Waals surface area contributed by atoms with Crippen LogP contribution < -0.4 is 10.6 Å². The molecule has 5 heteroatoms. The Hall–Kier alpha value is -1.36. The second kappa shape index (κ2) is 7.87. The van der Waals surface area contributed by atoms with Crippen LogP contribution in [0.5, 0.6) is 0 Å². The Morgan fingerprint density at radius 1 is 1.17 bits per heavy atom. The summed E-state index contributed by atoms with van der Waals surface area (Å²) in [5, 5.41) is 6.55. The first-order chi connectivity index (χ1) is 8.61. The molecule has 0 bridgehead atoms. The largest absolute Gasteiger partial charge is 0.370 e. The van der Waals surface area contributed by atoms with Gasteiger partial charge in [0.2, 0.25) is 5.95 Å². The molecule has 0 aliphatic heterocycles. The van der Waals surface area contributed by atoms with Crippen LogP contribution in [0.3, 0.4) is 0 Å². The Kier molecular flexibility index (Phi) is 6.43. The highest BCUT2D eigenvalue weighted by molar-refractivity contribution is 5.41. The molecule has 1 aromatic heterocycles. The zero-order valence-corrected chi connectivity index (χ0v) is 12.0. The van der Waals surface area contributed by atoms with Crippen LogP contribution in [0.1, 0.15) is 25.5 Å². The zero-order chi connectivity index (χ0) is 13.4. The van der Waals surface area contributed by atoms with Crippen LogP contribution in [-0.4, -0.2) is 48.6 Å². The highest BCUT2D eigenvalue weighted by atomic mass is 15.1. The number of nitrogens with zero attached hydrogens (tertiary/aromatic N) is 3. The molecule has 0 saturated carbocycles. The number of nitrogens with one attached hydrogen (secondary N) is 2. The minimum atomic E-state index is 0.715. The third kappa shape index (κ3) is 5.82. The molecule has 18 heavy (non-hydrogen) atoms. The molecule has 1 aromatic rings. The normalized spacial score (nSPS) is 10.7. The SMILES string of the molecule is CCCNc1cc(C)nc(NCCCN(C)C)n1. The second-order valence-electron chi connectivity index (χ2n) is 4.73. The fourth-order valence-electron chi connectivity index (χ4n) is 1.59. The van der Waals surface area contributed by atoms with Gasteiger partial charge in [-0.3, -0.25) is 0 Å². The molecule has 0 atom stereocenters. The van der Waals surface area contributed by atoms with Crippen molar-refractivity contribution in [1.82, 2.24) is 14.9 Å². The van der Waals surface area contributed by atoms with E-state index in [0.29, 0.717) is 5.95 Å². The van der Waals surface area contributed by atoms with Crippen LogP contribution >= 0.6 is 0 Å². The van der Waals surface area contributed by atoms with Crippen LogP contribution in [0.15, 0.2) is 6.07 Å². The maximum atomic E-state index is 4.44. The minimum absolute atomic E-state index is 0.715. The van der Waals surface area contributed by atoms with Crippen LogP contribution in [-0.2, 0) is 0 Å². The predicted molar refractivity (Wildman–Crippen MR) is 77.2 cm³/mol. The molecular formula is C13H25N5. The first kappa shape index (κ1) is 14.7. The zero-order valence-electron chi connectivity index (χ0n) is 12.0. The number of aryl methyl sites for hydroxylation is 1. The van der Waals surface area contributed by atoms with E-state index in [9.17, 15) is 0 Å². The fourth-order valence-corrected chi connectivity index (χ4v) is 1.59. The number of aromatic nitrogens is 2. The summed E-state index contributed by atoms with van der Waals surface area (Å²) in [5.74, 6) is 1.62. The molecule has 0 spiro atoms. The highest BCUT2D eigenvalue weighted by Gasteiger charge is 2.01. The number of hydrogen-bond donors (Lipinski definition) is 2. The van der Waals surface area contributed by atoms with Crippen molar-refractivity contribution in [2.24, 2.45) is 0 Å². The summed E-state index contributed by atoms with van der Waals surface area (Å²) in [6, 6.07) is 1.97. The van der Waals surface area contributed by atoms with E-state index in [1.807, 2.05) is 13.0 Å². The molecule has 1 heterocycles. The number of hydrogen-bond acceptors (Lipinski definition) is 5. The molecular weight excluding hydrogens is 226 g/mol. The summed E-state index contributed by atoms with van der Waals surface area (Å²) >= 11 is 0. The topological polar surface area (TPSA) is 53.1 Å². The van der Waals surface area contributed by atoms with Gasteiger partial charge in [-0.25, -0.2) is 4.98 Å². The average molecular weight is 251 g/mol. The van der Waals surface area contributed by atoms with E-state index in [-0.39, 0.29) is 0 Å². The summed E-state index contributed by atoms with van der Waals surface area (Å²) in [7, 11) is 4.16. The van der Waals surface area contributed by atoms with E-state index in [1.54, 1.807) is 0 Å². The van der Waals surface area contributed by atoms with Crippen molar-refractivity contribution in [3.8, 4) is 0 Å². The lowest BCUT2D eigenvalue weighted by Gasteiger charge is -2.11.